The minimum atomic E-state index is -0.335. The number of amides is 1. The molecule has 0 bridgehead atoms. The van der Waals surface area contributed by atoms with E-state index in [9.17, 15) is 4.79 Å². The number of hydrogen-bond donors (Lipinski definition) is 0. The van der Waals surface area contributed by atoms with Crippen LogP contribution in [-0.2, 0) is 6.54 Å². The van der Waals surface area contributed by atoms with Gasteiger partial charge in [0.25, 0.3) is 5.91 Å². The molecule has 134 valence electrons. The monoisotopic (exact) mass is 407 g/mol. The molecule has 0 N–H and O–H groups in total. The van der Waals surface area contributed by atoms with E-state index < -0.39 is 0 Å². The summed E-state index contributed by atoms with van der Waals surface area (Å²) in [7, 11) is 0. The molecule has 2 heterocycles. The van der Waals surface area contributed by atoms with Gasteiger partial charge in [0.2, 0.25) is 0 Å². The molecule has 1 aromatic carbocycles. The lowest BCUT2D eigenvalue weighted by molar-refractivity contribution is 0.0755. The molecule has 0 fully saturated rings. The zero-order chi connectivity index (χ0) is 18.7. The minimum Gasteiger partial charge on any atom is -0.356 e. The predicted molar refractivity (Wildman–Crippen MR) is 104 cm³/mol. The van der Waals surface area contributed by atoms with E-state index in [-0.39, 0.29) is 27.5 Å². The third-order valence-electron chi connectivity index (χ3n) is 3.76. The maximum absolute atomic E-state index is 12.7. The van der Waals surface area contributed by atoms with Gasteiger partial charge in [-0.1, -0.05) is 58.7 Å². The van der Waals surface area contributed by atoms with Crippen molar-refractivity contribution in [1.82, 2.24) is 14.4 Å². The Hall–Kier alpha value is -2.15. The van der Waals surface area contributed by atoms with Crippen molar-refractivity contribution in [2.24, 2.45) is 0 Å². The summed E-state index contributed by atoms with van der Waals surface area (Å²) in [6, 6.07) is 9.68. The Labute approximate surface area is 165 Å². The second kappa shape index (κ2) is 8.03. The number of hydrogen-bond acceptors (Lipinski definition) is 5. The molecule has 0 radical (unpaired) electrons. The molecule has 0 spiro atoms. The Morgan fingerprint density at radius 3 is 2.81 bits per heavy atom. The molecule has 0 saturated heterocycles. The van der Waals surface area contributed by atoms with E-state index in [1.54, 1.807) is 6.08 Å². The molecule has 8 heteroatoms. The maximum Gasteiger partial charge on any atom is 0.275 e. The van der Waals surface area contributed by atoms with E-state index in [0.29, 0.717) is 18.0 Å². The minimum absolute atomic E-state index is 0.131. The van der Waals surface area contributed by atoms with Crippen LogP contribution in [0.5, 0.6) is 0 Å². The third kappa shape index (κ3) is 3.82. The van der Waals surface area contributed by atoms with Gasteiger partial charge in [-0.25, -0.2) is 0 Å². The zero-order valence-electron chi connectivity index (χ0n) is 13.9. The molecule has 26 heavy (non-hydrogen) atoms. The van der Waals surface area contributed by atoms with Crippen LogP contribution in [0.4, 0.5) is 0 Å². The zero-order valence-corrected chi connectivity index (χ0v) is 16.2. The topological polar surface area (TPSA) is 59.2 Å². The molecule has 0 unspecified atom stereocenters. The van der Waals surface area contributed by atoms with Crippen LogP contribution in [0.2, 0.25) is 9.36 Å². The second-order valence-corrected chi connectivity index (χ2v) is 7.34. The summed E-state index contributed by atoms with van der Waals surface area (Å²) in [6.07, 6.45) is 1.63. The number of carbonyl (C=O) groups excluding carboxylic acids is 1. The quantitative estimate of drug-likeness (QED) is 0.524. The van der Waals surface area contributed by atoms with Crippen molar-refractivity contribution in [3.63, 3.8) is 0 Å². The van der Waals surface area contributed by atoms with Crippen molar-refractivity contribution in [2.45, 2.75) is 13.5 Å². The van der Waals surface area contributed by atoms with Crippen LogP contribution in [0.25, 0.3) is 11.3 Å². The summed E-state index contributed by atoms with van der Waals surface area (Å²) in [4.78, 5) is 14.3. The number of rotatable bonds is 6. The second-order valence-electron chi connectivity index (χ2n) is 5.59. The molecular weight excluding hydrogens is 393 g/mol. The lowest BCUT2D eigenvalue weighted by Crippen LogP contribution is -2.31. The highest BCUT2D eigenvalue weighted by Crippen LogP contribution is 2.30. The van der Waals surface area contributed by atoms with E-state index >= 15 is 0 Å². The Kier molecular flexibility index (Phi) is 5.76. The first-order chi connectivity index (χ1) is 12.5. The summed E-state index contributed by atoms with van der Waals surface area (Å²) >= 11 is 12.9. The van der Waals surface area contributed by atoms with Crippen molar-refractivity contribution >= 4 is 40.6 Å². The predicted octanol–water partition coefficient (Wildman–Crippen LogP) is 5.24. The molecule has 0 aliphatic rings. The van der Waals surface area contributed by atoms with E-state index in [1.807, 2.05) is 37.3 Å². The molecule has 1 amide bonds. The van der Waals surface area contributed by atoms with E-state index in [4.69, 9.17) is 27.7 Å². The van der Waals surface area contributed by atoms with Crippen molar-refractivity contribution < 1.29 is 9.32 Å². The van der Waals surface area contributed by atoms with Crippen molar-refractivity contribution in [3.8, 4) is 11.3 Å². The number of nitrogens with zero attached hydrogens (tertiary/aromatic N) is 3. The smallest absolute Gasteiger partial charge is 0.275 e. The molecule has 0 saturated carbocycles. The van der Waals surface area contributed by atoms with Gasteiger partial charge in [-0.2, -0.15) is 4.37 Å². The van der Waals surface area contributed by atoms with Crippen LogP contribution >= 0.6 is 34.7 Å². The number of aromatic nitrogens is 2. The fourth-order valence-corrected chi connectivity index (χ4v) is 3.46. The Bertz CT molecular complexity index is 952. The van der Waals surface area contributed by atoms with Gasteiger partial charge in [-0.15, -0.1) is 6.58 Å². The van der Waals surface area contributed by atoms with Gasteiger partial charge >= 0.3 is 0 Å². The summed E-state index contributed by atoms with van der Waals surface area (Å²) < 4.78 is 9.77. The van der Waals surface area contributed by atoms with Crippen LogP contribution in [0, 0.1) is 6.92 Å². The SMILES string of the molecule is C=CCN(Cc1cc(-c2ccccc2C)on1)C(=O)c1nsc(Cl)c1Cl. The normalized spacial score (nSPS) is 10.7. The van der Waals surface area contributed by atoms with Gasteiger partial charge in [-0.05, 0) is 24.0 Å². The molecule has 5 nitrogen and oxygen atoms in total. The van der Waals surface area contributed by atoms with Crippen molar-refractivity contribution in [2.75, 3.05) is 6.54 Å². The maximum atomic E-state index is 12.7. The van der Waals surface area contributed by atoms with Crippen LogP contribution in [0.3, 0.4) is 0 Å². The Morgan fingerprint density at radius 2 is 2.15 bits per heavy atom. The van der Waals surface area contributed by atoms with Crippen molar-refractivity contribution in [1.29, 1.82) is 0 Å². The van der Waals surface area contributed by atoms with Crippen LogP contribution in [-0.4, -0.2) is 26.9 Å². The van der Waals surface area contributed by atoms with E-state index in [0.717, 1.165) is 22.7 Å². The molecule has 0 aliphatic heterocycles. The summed E-state index contributed by atoms with van der Waals surface area (Å²) in [5, 5.41) is 4.24. The van der Waals surface area contributed by atoms with Gasteiger partial charge in [0, 0.05) is 18.2 Å². The van der Waals surface area contributed by atoms with Crippen molar-refractivity contribution in [3.05, 3.63) is 69.3 Å². The highest BCUT2D eigenvalue weighted by atomic mass is 35.5. The van der Waals surface area contributed by atoms with Gasteiger partial charge in [0.05, 0.1) is 6.54 Å². The molecular formula is C18H15Cl2N3O2S. The van der Waals surface area contributed by atoms with Gasteiger partial charge in [0.15, 0.2) is 11.5 Å². The first kappa shape index (κ1) is 18.6. The largest absolute Gasteiger partial charge is 0.356 e. The molecule has 3 aromatic rings. The summed E-state index contributed by atoms with van der Waals surface area (Å²) in [5.41, 5.74) is 2.79. The van der Waals surface area contributed by atoms with Crippen LogP contribution in [0.1, 0.15) is 21.7 Å². The summed E-state index contributed by atoms with van der Waals surface area (Å²) in [5.74, 6) is 0.317. The van der Waals surface area contributed by atoms with Crippen LogP contribution < -0.4 is 0 Å². The van der Waals surface area contributed by atoms with E-state index in [2.05, 4.69) is 16.1 Å². The molecule has 0 aliphatic carbocycles. The highest BCUT2D eigenvalue weighted by molar-refractivity contribution is 7.11. The highest BCUT2D eigenvalue weighted by Gasteiger charge is 2.24. The standard InChI is InChI=1S/C18H15Cl2N3O2S/c1-3-8-23(18(24)16-15(19)17(20)26-22-16)10-12-9-14(25-21-12)13-7-5-4-6-11(13)2/h3-7,9H,1,8,10H2,2H3. The van der Waals surface area contributed by atoms with Crippen LogP contribution in [0.15, 0.2) is 47.5 Å². The lowest BCUT2D eigenvalue weighted by Gasteiger charge is -2.18. The van der Waals surface area contributed by atoms with E-state index in [1.165, 1.54) is 4.90 Å². The molecule has 0 atom stereocenters. The average Bonchev–Trinajstić information content (AvgIpc) is 3.22. The first-order valence-corrected chi connectivity index (χ1v) is 9.26. The van der Waals surface area contributed by atoms with Gasteiger partial charge in [0.1, 0.15) is 15.1 Å². The van der Waals surface area contributed by atoms with Gasteiger partial charge < -0.3 is 9.42 Å². The lowest BCUT2D eigenvalue weighted by atomic mass is 10.1. The Morgan fingerprint density at radius 1 is 1.38 bits per heavy atom. The number of aryl methyl sites for hydroxylation is 1. The van der Waals surface area contributed by atoms with Gasteiger partial charge in [-0.3, -0.25) is 4.79 Å². The average molecular weight is 408 g/mol. The first-order valence-electron chi connectivity index (χ1n) is 7.73. The number of carbonyl (C=O) groups is 1. The summed E-state index contributed by atoms with van der Waals surface area (Å²) in [6.45, 7) is 6.25. The fourth-order valence-electron chi connectivity index (χ4n) is 2.47. The molecule has 3 rings (SSSR count). The molecule has 2 aromatic heterocycles. The third-order valence-corrected chi connectivity index (χ3v) is 5.37. The Balaban J connectivity index is 1.83. The number of halogens is 2. The number of benzene rings is 1. The fraction of sp³-hybridized carbons (Fsp3) is 0.167.